The molecule has 0 saturated heterocycles. The fourth-order valence-corrected chi connectivity index (χ4v) is 5.82. The van der Waals surface area contributed by atoms with Gasteiger partial charge in [0.05, 0.1) is 0 Å². The SMILES string of the molecule is Oc1ccc(CCN=Cc2ccccc2P(c2ccccc2)c2ccccc2)cc1. The number of phenols is 1. The van der Waals surface area contributed by atoms with Crippen LogP contribution in [0.25, 0.3) is 0 Å². The maximum Gasteiger partial charge on any atom is 0.115 e. The molecule has 30 heavy (non-hydrogen) atoms. The van der Waals surface area contributed by atoms with E-state index in [0.717, 1.165) is 6.42 Å². The van der Waals surface area contributed by atoms with Gasteiger partial charge in [-0.3, -0.25) is 4.99 Å². The Labute approximate surface area is 179 Å². The first-order valence-corrected chi connectivity index (χ1v) is 11.4. The van der Waals surface area contributed by atoms with Crippen LogP contribution in [0.5, 0.6) is 5.75 Å². The molecule has 0 unspecified atom stereocenters. The Hall–Kier alpha value is -3.22. The van der Waals surface area contributed by atoms with Gasteiger partial charge in [0.15, 0.2) is 0 Å². The zero-order valence-corrected chi connectivity index (χ0v) is 17.6. The van der Waals surface area contributed by atoms with Gasteiger partial charge in [-0.05, 0) is 48.0 Å². The Bertz CT molecular complexity index is 1050. The predicted molar refractivity (Wildman–Crippen MR) is 129 cm³/mol. The van der Waals surface area contributed by atoms with Gasteiger partial charge in [0.2, 0.25) is 0 Å². The standard InChI is InChI=1S/C27H24NOP/c29-24-17-15-22(16-18-24)19-20-28-21-23-9-7-8-14-27(23)30(25-10-3-1-4-11-25)26-12-5-2-6-13-26/h1-18,21,29H,19-20H2. The van der Waals surface area contributed by atoms with Crippen molar-refractivity contribution in [3.63, 3.8) is 0 Å². The van der Waals surface area contributed by atoms with Crippen molar-refractivity contribution in [2.45, 2.75) is 6.42 Å². The van der Waals surface area contributed by atoms with Crippen LogP contribution < -0.4 is 15.9 Å². The topological polar surface area (TPSA) is 32.6 Å². The number of hydrogen-bond acceptors (Lipinski definition) is 2. The molecule has 0 radical (unpaired) electrons. The summed E-state index contributed by atoms with van der Waals surface area (Å²) >= 11 is 0. The van der Waals surface area contributed by atoms with E-state index in [1.807, 2.05) is 18.3 Å². The lowest BCUT2D eigenvalue weighted by atomic mass is 10.1. The van der Waals surface area contributed by atoms with Crippen LogP contribution in [0.15, 0.2) is 114 Å². The number of hydrogen-bond donors (Lipinski definition) is 1. The normalized spacial score (nSPS) is 11.2. The van der Waals surface area contributed by atoms with Gasteiger partial charge in [0.1, 0.15) is 5.75 Å². The van der Waals surface area contributed by atoms with Crippen molar-refractivity contribution in [3.8, 4) is 5.75 Å². The highest BCUT2D eigenvalue weighted by Gasteiger charge is 2.18. The Kier molecular flexibility index (Phi) is 6.69. The minimum absolute atomic E-state index is 0.298. The molecule has 0 aromatic heterocycles. The Morgan fingerprint density at radius 3 is 1.87 bits per heavy atom. The van der Waals surface area contributed by atoms with Crippen molar-refractivity contribution in [1.29, 1.82) is 0 Å². The Balaban J connectivity index is 1.61. The van der Waals surface area contributed by atoms with Gasteiger partial charge in [-0.1, -0.05) is 97.1 Å². The molecule has 0 aliphatic carbocycles. The van der Waals surface area contributed by atoms with Gasteiger partial charge in [-0.15, -0.1) is 0 Å². The third-order valence-corrected chi connectivity index (χ3v) is 7.42. The number of aromatic hydroxyl groups is 1. The van der Waals surface area contributed by atoms with E-state index in [0.29, 0.717) is 12.3 Å². The molecule has 0 aliphatic rings. The van der Waals surface area contributed by atoms with Gasteiger partial charge in [-0.25, -0.2) is 0 Å². The minimum Gasteiger partial charge on any atom is -0.508 e. The molecule has 0 spiro atoms. The smallest absolute Gasteiger partial charge is 0.115 e. The van der Waals surface area contributed by atoms with Crippen LogP contribution in [0.1, 0.15) is 11.1 Å². The first-order valence-electron chi connectivity index (χ1n) is 10.1. The summed E-state index contributed by atoms with van der Waals surface area (Å²) in [6.45, 7) is 0.716. The molecule has 0 atom stereocenters. The van der Waals surface area contributed by atoms with E-state index in [4.69, 9.17) is 4.99 Å². The average Bonchev–Trinajstić information content (AvgIpc) is 2.80. The van der Waals surface area contributed by atoms with E-state index in [1.165, 1.54) is 27.0 Å². The highest BCUT2D eigenvalue weighted by atomic mass is 31.1. The molecule has 0 fully saturated rings. The monoisotopic (exact) mass is 409 g/mol. The summed E-state index contributed by atoms with van der Waals surface area (Å²) in [5.41, 5.74) is 2.34. The molecule has 3 heteroatoms. The zero-order chi connectivity index (χ0) is 20.6. The molecular weight excluding hydrogens is 385 g/mol. The lowest BCUT2D eigenvalue weighted by molar-refractivity contribution is 0.475. The van der Waals surface area contributed by atoms with E-state index in [1.54, 1.807) is 12.1 Å². The molecule has 4 rings (SSSR count). The van der Waals surface area contributed by atoms with Crippen molar-refractivity contribution in [1.82, 2.24) is 0 Å². The molecule has 4 aromatic rings. The molecule has 0 saturated carbocycles. The van der Waals surface area contributed by atoms with Gasteiger partial charge >= 0.3 is 0 Å². The fourth-order valence-electron chi connectivity index (χ4n) is 3.40. The van der Waals surface area contributed by atoms with Crippen molar-refractivity contribution in [2.75, 3.05) is 6.54 Å². The molecule has 0 aliphatic heterocycles. The average molecular weight is 409 g/mol. The second-order valence-corrected chi connectivity index (χ2v) is 9.20. The first-order chi connectivity index (χ1) is 14.8. The summed E-state index contributed by atoms with van der Waals surface area (Å²) in [6.07, 6.45) is 2.86. The van der Waals surface area contributed by atoms with E-state index in [9.17, 15) is 5.11 Å². The van der Waals surface area contributed by atoms with Gasteiger partial charge in [0.25, 0.3) is 0 Å². The van der Waals surface area contributed by atoms with Gasteiger partial charge in [0, 0.05) is 18.3 Å². The van der Waals surface area contributed by atoms with Crippen molar-refractivity contribution in [2.24, 2.45) is 4.99 Å². The molecule has 2 nitrogen and oxygen atoms in total. The Morgan fingerprint density at radius 2 is 1.23 bits per heavy atom. The van der Waals surface area contributed by atoms with E-state index in [-0.39, 0.29) is 0 Å². The quantitative estimate of drug-likeness (QED) is 0.345. The summed E-state index contributed by atoms with van der Waals surface area (Å²) in [4.78, 5) is 4.71. The van der Waals surface area contributed by atoms with Crippen LogP contribution in [0.4, 0.5) is 0 Å². The van der Waals surface area contributed by atoms with Crippen LogP contribution >= 0.6 is 7.92 Å². The molecule has 1 N–H and O–H groups in total. The summed E-state index contributed by atoms with van der Waals surface area (Å²) < 4.78 is 0. The predicted octanol–water partition coefficient (Wildman–Crippen LogP) is 4.81. The van der Waals surface area contributed by atoms with Crippen molar-refractivity contribution >= 4 is 30.0 Å². The van der Waals surface area contributed by atoms with E-state index < -0.39 is 7.92 Å². The number of phenolic OH excluding ortho intramolecular Hbond substituents is 1. The largest absolute Gasteiger partial charge is 0.508 e. The maximum absolute atomic E-state index is 9.42. The van der Waals surface area contributed by atoms with Crippen LogP contribution in [0, 0.1) is 0 Å². The van der Waals surface area contributed by atoms with Crippen LogP contribution in [0.2, 0.25) is 0 Å². The van der Waals surface area contributed by atoms with Crippen molar-refractivity contribution in [3.05, 3.63) is 120 Å². The second-order valence-electron chi connectivity index (χ2n) is 7.02. The third kappa shape index (κ3) is 5.03. The van der Waals surface area contributed by atoms with Gasteiger partial charge < -0.3 is 5.11 Å². The molecule has 0 heterocycles. The first kappa shape index (κ1) is 20.1. The van der Waals surface area contributed by atoms with Crippen LogP contribution in [0.3, 0.4) is 0 Å². The molecule has 4 aromatic carbocycles. The second kappa shape index (κ2) is 10.0. The highest BCUT2D eigenvalue weighted by Crippen LogP contribution is 2.33. The number of nitrogens with zero attached hydrogens (tertiary/aromatic N) is 1. The number of aliphatic imine (C=N–C) groups is 1. The highest BCUT2D eigenvalue weighted by molar-refractivity contribution is 7.80. The Morgan fingerprint density at radius 1 is 0.667 bits per heavy atom. The molecule has 0 amide bonds. The molecule has 148 valence electrons. The lowest BCUT2D eigenvalue weighted by Crippen LogP contribution is -2.23. The molecule has 0 bridgehead atoms. The summed E-state index contributed by atoms with van der Waals surface area (Å²) in [7, 11) is -0.654. The lowest BCUT2D eigenvalue weighted by Gasteiger charge is -2.21. The van der Waals surface area contributed by atoms with Crippen LogP contribution in [-0.4, -0.2) is 17.9 Å². The maximum atomic E-state index is 9.42. The minimum atomic E-state index is -0.654. The third-order valence-electron chi connectivity index (χ3n) is 4.90. The van der Waals surface area contributed by atoms with Gasteiger partial charge in [-0.2, -0.15) is 0 Å². The summed E-state index contributed by atoms with van der Waals surface area (Å²) in [5.74, 6) is 0.298. The summed E-state index contributed by atoms with van der Waals surface area (Å²) in [5, 5.41) is 13.4. The molecular formula is C27H24NOP. The number of rotatable bonds is 7. The zero-order valence-electron chi connectivity index (χ0n) is 16.7. The van der Waals surface area contributed by atoms with E-state index >= 15 is 0 Å². The van der Waals surface area contributed by atoms with Crippen LogP contribution in [-0.2, 0) is 6.42 Å². The van der Waals surface area contributed by atoms with Crippen molar-refractivity contribution < 1.29 is 5.11 Å². The van der Waals surface area contributed by atoms with E-state index in [2.05, 4.69) is 84.9 Å². The fraction of sp³-hybridized carbons (Fsp3) is 0.0741. The number of benzene rings is 4. The summed E-state index contributed by atoms with van der Waals surface area (Å²) in [6, 6.07) is 37.4.